The number of pyridine rings is 1. The molecule has 0 saturated carbocycles. The lowest BCUT2D eigenvalue weighted by Gasteiger charge is -2.39. The molecule has 0 spiro atoms. The lowest BCUT2D eigenvalue weighted by molar-refractivity contribution is 0.171. The number of fused-ring (bicyclic) bond motifs is 2. The van der Waals surface area contributed by atoms with Crippen LogP contribution >= 0.6 is 0 Å². The standard InChI is InChI=1S/C35H44N10O5S/c1-5-25-19-33(45(41-25)26-20-36-42(21-26)17-18-49-51(4,47)48)38-34(46)37-30-14-15-31(29-12-7-6-11-28(29)30)50-27-13-16-32-39-40-35(43(32)22-27)44-23(2)9-8-10-24(44)3/h6-7,11-13,16,19-24,30-31H,5,8-10,14-15,17-18H2,1-4H3,(H2,37,38,46)/t23-,24+,30-,31+/m0/s1. The highest BCUT2D eigenvalue weighted by Gasteiger charge is 2.31. The van der Waals surface area contributed by atoms with E-state index in [1.807, 2.05) is 53.9 Å². The zero-order valence-electron chi connectivity index (χ0n) is 29.3. The number of carbonyl (C=O) groups is 1. The summed E-state index contributed by atoms with van der Waals surface area (Å²) in [4.78, 5) is 15.9. The second kappa shape index (κ2) is 14.3. The SMILES string of the molecule is CCc1cc(NC(=O)N[C@H]2CC[C@@H](Oc3ccc4nnc(N5[C@H](C)CCC[C@@H]5C)n4c3)c3ccccc32)n(-c2cnn(CCOS(C)(=O)=O)c2)n1. The third-order valence-electron chi connectivity index (χ3n) is 9.65. The van der Waals surface area contributed by atoms with Crippen molar-refractivity contribution in [2.24, 2.45) is 0 Å². The summed E-state index contributed by atoms with van der Waals surface area (Å²) >= 11 is 0. The van der Waals surface area contributed by atoms with Gasteiger partial charge < -0.3 is 15.0 Å². The fraction of sp³-hybridized carbons (Fsp3) is 0.457. The van der Waals surface area contributed by atoms with Gasteiger partial charge in [0.1, 0.15) is 23.4 Å². The number of benzene rings is 1. The molecule has 4 atom stereocenters. The zero-order valence-corrected chi connectivity index (χ0v) is 30.1. The molecule has 270 valence electrons. The van der Waals surface area contributed by atoms with Crippen molar-refractivity contribution >= 4 is 33.6 Å². The van der Waals surface area contributed by atoms with Crippen LogP contribution in [0.5, 0.6) is 5.75 Å². The van der Waals surface area contributed by atoms with Crippen LogP contribution in [-0.2, 0) is 27.3 Å². The van der Waals surface area contributed by atoms with E-state index >= 15 is 0 Å². The van der Waals surface area contributed by atoms with E-state index in [1.54, 1.807) is 21.8 Å². The largest absolute Gasteiger partial charge is 0.484 e. The van der Waals surface area contributed by atoms with Crippen LogP contribution < -0.4 is 20.3 Å². The summed E-state index contributed by atoms with van der Waals surface area (Å²) in [6.07, 6.45) is 11.6. The molecule has 2 aliphatic rings. The van der Waals surface area contributed by atoms with Gasteiger partial charge in [0.25, 0.3) is 10.1 Å². The first kappa shape index (κ1) is 34.5. The average molecular weight is 717 g/mol. The Labute approximate surface area is 297 Å². The van der Waals surface area contributed by atoms with Gasteiger partial charge in [-0.25, -0.2) is 9.48 Å². The predicted molar refractivity (Wildman–Crippen MR) is 192 cm³/mol. The van der Waals surface area contributed by atoms with Crippen molar-refractivity contribution in [1.29, 1.82) is 0 Å². The summed E-state index contributed by atoms with van der Waals surface area (Å²) in [5.74, 6) is 2.06. The van der Waals surface area contributed by atoms with Gasteiger partial charge in [-0.1, -0.05) is 31.2 Å². The van der Waals surface area contributed by atoms with E-state index in [-0.39, 0.29) is 31.3 Å². The number of piperidine rings is 1. The number of carbonyl (C=O) groups excluding carboxylic acids is 1. The molecule has 1 aliphatic heterocycles. The minimum absolute atomic E-state index is 0.0444. The van der Waals surface area contributed by atoms with Gasteiger partial charge in [0.05, 0.1) is 49.7 Å². The lowest BCUT2D eigenvalue weighted by atomic mass is 9.85. The van der Waals surface area contributed by atoms with Gasteiger partial charge in [-0.05, 0) is 75.6 Å². The maximum Gasteiger partial charge on any atom is 0.320 e. The van der Waals surface area contributed by atoms with Crippen molar-refractivity contribution in [2.45, 2.75) is 90.1 Å². The molecule has 7 rings (SSSR count). The number of hydrogen-bond donors (Lipinski definition) is 2. The molecular formula is C35H44N10O5S. The fourth-order valence-corrected chi connectivity index (χ4v) is 7.55. The Morgan fingerprint density at radius 3 is 2.55 bits per heavy atom. The summed E-state index contributed by atoms with van der Waals surface area (Å²) in [6.45, 7) is 6.67. The predicted octanol–water partition coefficient (Wildman–Crippen LogP) is 5.19. The van der Waals surface area contributed by atoms with Gasteiger partial charge in [-0.3, -0.25) is 18.6 Å². The van der Waals surface area contributed by atoms with Gasteiger partial charge >= 0.3 is 6.03 Å². The van der Waals surface area contributed by atoms with Crippen LogP contribution in [0.1, 0.15) is 81.8 Å². The van der Waals surface area contributed by atoms with E-state index in [1.165, 1.54) is 6.42 Å². The maximum atomic E-state index is 13.5. The van der Waals surface area contributed by atoms with Crippen LogP contribution in [0.25, 0.3) is 11.3 Å². The first-order valence-electron chi connectivity index (χ1n) is 17.5. The van der Waals surface area contributed by atoms with Gasteiger partial charge in [0.2, 0.25) is 5.95 Å². The number of nitrogens with one attached hydrogen (secondary N) is 2. The minimum atomic E-state index is -3.55. The van der Waals surface area contributed by atoms with Crippen molar-refractivity contribution in [3.8, 4) is 11.4 Å². The number of aromatic nitrogens is 7. The van der Waals surface area contributed by atoms with Gasteiger partial charge in [0.15, 0.2) is 5.65 Å². The first-order valence-corrected chi connectivity index (χ1v) is 19.3. The van der Waals surface area contributed by atoms with Crippen LogP contribution in [0.2, 0.25) is 0 Å². The van der Waals surface area contributed by atoms with Crippen molar-refractivity contribution in [2.75, 3.05) is 23.1 Å². The Kier molecular flexibility index (Phi) is 9.70. The highest BCUT2D eigenvalue weighted by Crippen LogP contribution is 2.39. The molecule has 4 aromatic heterocycles. The molecule has 0 bridgehead atoms. The number of hydrogen-bond acceptors (Lipinski definition) is 10. The topological polar surface area (TPSA) is 163 Å². The normalized spacial score (nSPS) is 20.7. The fourth-order valence-electron chi connectivity index (χ4n) is 7.17. The van der Waals surface area contributed by atoms with Crippen LogP contribution in [0.3, 0.4) is 0 Å². The summed E-state index contributed by atoms with van der Waals surface area (Å²) in [6, 6.07) is 14.0. The Bertz CT molecular complexity index is 2120. The van der Waals surface area contributed by atoms with E-state index in [2.05, 4.69) is 55.8 Å². The van der Waals surface area contributed by atoms with E-state index in [4.69, 9.17) is 8.92 Å². The van der Waals surface area contributed by atoms with E-state index in [9.17, 15) is 13.2 Å². The van der Waals surface area contributed by atoms with Crippen molar-refractivity contribution < 1.29 is 22.1 Å². The molecule has 1 aliphatic carbocycles. The van der Waals surface area contributed by atoms with Crippen LogP contribution in [-0.4, -0.2) is 73.6 Å². The molecule has 1 saturated heterocycles. The second-order valence-corrected chi connectivity index (χ2v) is 15.0. The molecule has 1 aromatic carbocycles. The van der Waals surface area contributed by atoms with Crippen molar-refractivity contribution in [1.82, 2.24) is 39.5 Å². The third kappa shape index (κ3) is 7.56. The molecule has 2 amide bonds. The number of nitrogens with zero attached hydrogens (tertiary/aromatic N) is 8. The number of aryl methyl sites for hydroxylation is 1. The lowest BCUT2D eigenvalue weighted by Crippen LogP contribution is -2.44. The molecular weight excluding hydrogens is 673 g/mol. The molecule has 15 nitrogen and oxygen atoms in total. The average Bonchev–Trinajstić information content (AvgIpc) is 3.84. The minimum Gasteiger partial charge on any atom is -0.484 e. The molecule has 51 heavy (non-hydrogen) atoms. The van der Waals surface area contributed by atoms with E-state index in [0.29, 0.717) is 42.9 Å². The summed E-state index contributed by atoms with van der Waals surface area (Å²) < 4.78 is 39.3. The summed E-state index contributed by atoms with van der Waals surface area (Å²) in [5, 5.41) is 24.1. The van der Waals surface area contributed by atoms with Gasteiger partial charge in [-0.2, -0.15) is 18.6 Å². The number of anilines is 2. The Hall–Kier alpha value is -4.96. The first-order chi connectivity index (χ1) is 24.6. The quantitative estimate of drug-likeness (QED) is 0.174. The van der Waals surface area contributed by atoms with E-state index in [0.717, 1.165) is 53.3 Å². The molecule has 0 radical (unpaired) electrons. The molecule has 5 aromatic rings. The second-order valence-electron chi connectivity index (χ2n) is 13.4. The molecule has 5 heterocycles. The van der Waals surface area contributed by atoms with Crippen molar-refractivity contribution in [3.05, 3.63) is 77.9 Å². The van der Waals surface area contributed by atoms with Gasteiger partial charge in [0, 0.05) is 18.2 Å². The number of rotatable bonds is 11. The number of amides is 2. The molecule has 1 fully saturated rings. The monoisotopic (exact) mass is 716 g/mol. The van der Waals surface area contributed by atoms with Crippen LogP contribution in [0.15, 0.2) is 61.1 Å². The Morgan fingerprint density at radius 1 is 1.00 bits per heavy atom. The highest BCUT2D eigenvalue weighted by molar-refractivity contribution is 7.85. The Balaban J connectivity index is 1.04. The molecule has 2 N–H and O–H groups in total. The van der Waals surface area contributed by atoms with Crippen molar-refractivity contribution in [3.63, 3.8) is 0 Å². The number of urea groups is 1. The molecule has 0 unspecified atom stereocenters. The third-order valence-corrected chi connectivity index (χ3v) is 10.2. The summed E-state index contributed by atoms with van der Waals surface area (Å²) in [5.41, 5.74) is 4.22. The van der Waals surface area contributed by atoms with Crippen LogP contribution in [0, 0.1) is 0 Å². The zero-order chi connectivity index (χ0) is 35.7. The highest BCUT2D eigenvalue weighted by atomic mass is 32.2. The Morgan fingerprint density at radius 2 is 1.78 bits per heavy atom. The number of ether oxygens (including phenoxy) is 1. The molecule has 16 heteroatoms. The maximum absolute atomic E-state index is 13.5. The smallest absolute Gasteiger partial charge is 0.320 e. The van der Waals surface area contributed by atoms with Gasteiger partial charge in [-0.15, -0.1) is 10.2 Å². The van der Waals surface area contributed by atoms with E-state index < -0.39 is 10.1 Å². The summed E-state index contributed by atoms with van der Waals surface area (Å²) in [7, 11) is -3.55. The van der Waals surface area contributed by atoms with Crippen LogP contribution in [0.4, 0.5) is 16.6 Å².